The van der Waals surface area contributed by atoms with Crippen LogP contribution >= 0.6 is 9.24 Å². The molecular weight excluding hydrogens is 203 g/mol. The van der Waals surface area contributed by atoms with Crippen LogP contribution in [0.4, 0.5) is 0 Å². The topological polar surface area (TPSA) is 9.23 Å². The van der Waals surface area contributed by atoms with Crippen LogP contribution in [0.1, 0.15) is 46.0 Å². The lowest BCUT2D eigenvalue weighted by Gasteiger charge is -2.12. The minimum atomic E-state index is 0.628. The molecule has 15 heavy (non-hydrogen) atoms. The van der Waals surface area contributed by atoms with Crippen molar-refractivity contribution in [3.8, 4) is 0 Å². The van der Waals surface area contributed by atoms with Crippen molar-refractivity contribution in [2.45, 2.75) is 46.0 Å². The molecule has 0 aliphatic heterocycles. The van der Waals surface area contributed by atoms with E-state index in [1.165, 1.54) is 31.8 Å². The van der Waals surface area contributed by atoms with E-state index in [1.54, 1.807) is 0 Å². The monoisotopic (exact) mass is 230 g/mol. The fourth-order valence-corrected chi connectivity index (χ4v) is 1.69. The minimum Gasteiger partial charge on any atom is -0.381 e. The molecular formula is C13H27OP. The number of rotatable bonds is 10. The van der Waals surface area contributed by atoms with Gasteiger partial charge in [0, 0.05) is 12.5 Å². The Bertz CT molecular complexity index is 145. The number of unbranched alkanes of at least 4 members (excludes halogenated alkanes) is 1. The minimum absolute atomic E-state index is 0.628. The lowest BCUT2D eigenvalue weighted by atomic mass is 10.0. The molecule has 0 radical (unpaired) electrons. The highest BCUT2D eigenvalue weighted by atomic mass is 31.0. The number of hydrogen-bond acceptors (Lipinski definition) is 1. The summed E-state index contributed by atoms with van der Waals surface area (Å²) in [5.41, 5.74) is 0. The van der Waals surface area contributed by atoms with Gasteiger partial charge in [0.15, 0.2) is 0 Å². The summed E-state index contributed by atoms with van der Waals surface area (Å²) in [4.78, 5) is 0. The van der Waals surface area contributed by atoms with E-state index in [9.17, 15) is 0 Å². The molecule has 0 rings (SSSR count). The van der Waals surface area contributed by atoms with E-state index < -0.39 is 0 Å². The molecule has 0 N–H and O–H groups in total. The third kappa shape index (κ3) is 10.4. The Morgan fingerprint density at radius 1 is 1.27 bits per heavy atom. The summed E-state index contributed by atoms with van der Waals surface area (Å²) >= 11 is 0. The second-order valence-electron chi connectivity index (χ2n) is 3.98. The molecule has 2 unspecified atom stereocenters. The van der Waals surface area contributed by atoms with Crippen molar-refractivity contribution in [3.63, 3.8) is 0 Å². The molecule has 0 aliphatic carbocycles. The van der Waals surface area contributed by atoms with E-state index in [0.29, 0.717) is 5.92 Å². The first-order valence-corrected chi connectivity index (χ1v) is 7.11. The molecule has 0 bridgehead atoms. The van der Waals surface area contributed by atoms with Crippen LogP contribution in [0.5, 0.6) is 0 Å². The Morgan fingerprint density at radius 3 is 2.67 bits per heavy atom. The zero-order chi connectivity index (χ0) is 11.4. The van der Waals surface area contributed by atoms with Gasteiger partial charge in [0.05, 0.1) is 6.61 Å². The average molecular weight is 230 g/mol. The largest absolute Gasteiger partial charge is 0.381 e. The second-order valence-corrected chi connectivity index (χ2v) is 4.56. The van der Waals surface area contributed by atoms with Crippen molar-refractivity contribution < 1.29 is 4.74 Å². The zero-order valence-electron chi connectivity index (χ0n) is 10.4. The van der Waals surface area contributed by atoms with Crippen molar-refractivity contribution in [3.05, 3.63) is 12.2 Å². The van der Waals surface area contributed by atoms with E-state index in [2.05, 4.69) is 35.2 Å². The zero-order valence-corrected chi connectivity index (χ0v) is 11.5. The molecule has 0 aliphatic rings. The third-order valence-electron chi connectivity index (χ3n) is 2.32. The van der Waals surface area contributed by atoms with Crippen LogP contribution in [0.25, 0.3) is 0 Å². The highest BCUT2D eigenvalue weighted by Gasteiger charge is 2.03. The molecule has 0 spiro atoms. The van der Waals surface area contributed by atoms with Crippen LogP contribution in [-0.4, -0.2) is 19.4 Å². The van der Waals surface area contributed by atoms with Crippen LogP contribution in [0.15, 0.2) is 12.2 Å². The van der Waals surface area contributed by atoms with Crippen molar-refractivity contribution >= 4 is 9.24 Å². The predicted molar refractivity (Wildman–Crippen MR) is 72.5 cm³/mol. The summed E-state index contributed by atoms with van der Waals surface area (Å²) < 4.78 is 5.61. The maximum atomic E-state index is 5.61. The Morgan fingerprint density at radius 2 is 2.07 bits per heavy atom. The molecule has 90 valence electrons. The van der Waals surface area contributed by atoms with Gasteiger partial charge in [-0.1, -0.05) is 32.4 Å². The lowest BCUT2D eigenvalue weighted by molar-refractivity contribution is 0.110. The van der Waals surface area contributed by atoms with Crippen molar-refractivity contribution in [1.29, 1.82) is 0 Å². The Hall–Kier alpha value is 0.130. The first-order chi connectivity index (χ1) is 7.35. The van der Waals surface area contributed by atoms with Gasteiger partial charge >= 0.3 is 0 Å². The van der Waals surface area contributed by atoms with E-state index in [0.717, 1.165) is 19.6 Å². The van der Waals surface area contributed by atoms with Gasteiger partial charge in [-0.3, -0.25) is 0 Å². The number of allylic oxidation sites excluding steroid dienone is 1. The first-order valence-electron chi connectivity index (χ1n) is 6.29. The molecule has 0 amide bonds. The fraction of sp³-hybridized carbons (Fsp3) is 0.846. The number of ether oxygens (including phenoxy) is 1. The maximum Gasteiger partial charge on any atom is 0.0528 e. The van der Waals surface area contributed by atoms with Crippen molar-refractivity contribution in [2.75, 3.05) is 19.4 Å². The molecule has 0 aromatic heterocycles. The average Bonchev–Trinajstić information content (AvgIpc) is 2.25. The Balaban J connectivity index is 3.72. The van der Waals surface area contributed by atoms with Crippen LogP contribution < -0.4 is 0 Å². The molecule has 0 heterocycles. The Kier molecular flexibility index (Phi) is 12.3. The van der Waals surface area contributed by atoms with E-state index in [-0.39, 0.29) is 0 Å². The summed E-state index contributed by atoms with van der Waals surface area (Å²) in [7, 11) is 2.80. The van der Waals surface area contributed by atoms with Gasteiger partial charge in [0.1, 0.15) is 0 Å². The molecule has 0 saturated heterocycles. The van der Waals surface area contributed by atoms with Crippen molar-refractivity contribution in [1.82, 2.24) is 0 Å². The van der Waals surface area contributed by atoms with Crippen LogP contribution in [0.3, 0.4) is 0 Å². The smallest absolute Gasteiger partial charge is 0.0528 e. The van der Waals surface area contributed by atoms with Gasteiger partial charge in [0.25, 0.3) is 0 Å². The summed E-state index contributed by atoms with van der Waals surface area (Å²) in [6, 6.07) is 0. The molecule has 2 heteroatoms. The fourth-order valence-electron chi connectivity index (χ4n) is 1.45. The van der Waals surface area contributed by atoms with Gasteiger partial charge in [-0.25, -0.2) is 0 Å². The van der Waals surface area contributed by atoms with Crippen LogP contribution in [-0.2, 0) is 4.74 Å². The molecule has 1 nitrogen and oxygen atoms in total. The summed E-state index contributed by atoms with van der Waals surface area (Å²) in [5, 5.41) is 0. The summed E-state index contributed by atoms with van der Waals surface area (Å²) in [5.74, 6) is 0.628. The first kappa shape index (κ1) is 15.1. The quantitative estimate of drug-likeness (QED) is 0.312. The molecule has 0 saturated carbocycles. The van der Waals surface area contributed by atoms with Gasteiger partial charge in [0.2, 0.25) is 0 Å². The second kappa shape index (κ2) is 12.2. The van der Waals surface area contributed by atoms with Gasteiger partial charge in [-0.05, 0) is 31.8 Å². The van der Waals surface area contributed by atoms with Gasteiger partial charge < -0.3 is 4.74 Å². The molecule has 0 aromatic carbocycles. The SMILES string of the molecule is CCCC=CC(CCCP)COCCC. The van der Waals surface area contributed by atoms with Crippen molar-refractivity contribution in [2.24, 2.45) is 5.92 Å². The maximum absolute atomic E-state index is 5.61. The van der Waals surface area contributed by atoms with Gasteiger partial charge in [-0.2, -0.15) is 0 Å². The highest BCUT2D eigenvalue weighted by Crippen LogP contribution is 2.11. The predicted octanol–water partition coefficient (Wildman–Crippen LogP) is 4.04. The standard InChI is InChI=1S/C13H27OP/c1-3-5-6-8-13(9-7-11-15)12-14-10-4-2/h6,8,13H,3-5,7,9-12,15H2,1-2H3. The summed E-state index contributed by atoms with van der Waals surface area (Å²) in [6.45, 7) is 6.18. The van der Waals surface area contributed by atoms with E-state index in [1.807, 2.05) is 0 Å². The van der Waals surface area contributed by atoms with E-state index >= 15 is 0 Å². The molecule has 0 fully saturated rings. The third-order valence-corrected chi connectivity index (χ3v) is 2.73. The van der Waals surface area contributed by atoms with E-state index in [4.69, 9.17) is 4.74 Å². The van der Waals surface area contributed by atoms with Crippen LogP contribution in [0, 0.1) is 5.92 Å². The highest BCUT2D eigenvalue weighted by molar-refractivity contribution is 7.16. The van der Waals surface area contributed by atoms with Gasteiger partial charge in [-0.15, -0.1) is 9.24 Å². The lowest BCUT2D eigenvalue weighted by Crippen LogP contribution is -2.08. The normalized spacial score (nSPS) is 13.5. The number of hydrogen-bond donors (Lipinski definition) is 0. The molecule has 0 aromatic rings. The molecule has 2 atom stereocenters. The van der Waals surface area contributed by atoms with Crippen LogP contribution in [0.2, 0.25) is 0 Å². The Labute approximate surface area is 97.9 Å². The summed E-state index contributed by atoms with van der Waals surface area (Å²) in [6.07, 6.45) is 12.0.